The Kier molecular flexibility index (Phi) is 4.71. The molecule has 1 amide bonds. The minimum atomic E-state index is -0.254. The highest BCUT2D eigenvalue weighted by Gasteiger charge is 2.21. The molecule has 0 aromatic carbocycles. The van der Waals surface area contributed by atoms with Gasteiger partial charge >= 0.3 is 0 Å². The topological polar surface area (TPSA) is 85.8 Å². The van der Waals surface area contributed by atoms with Gasteiger partial charge in [0.05, 0.1) is 28.6 Å². The first kappa shape index (κ1) is 19.7. The number of carbonyl (C=O) groups excluding carboxylic acids is 1. The molecule has 31 heavy (non-hydrogen) atoms. The van der Waals surface area contributed by atoms with Crippen molar-refractivity contribution in [3.63, 3.8) is 0 Å². The van der Waals surface area contributed by atoms with E-state index in [9.17, 15) is 4.79 Å². The first-order valence-corrected chi connectivity index (χ1v) is 11.3. The van der Waals surface area contributed by atoms with E-state index >= 15 is 0 Å². The molecular formula is C22H19N5O2S2. The molecule has 5 heterocycles. The number of rotatable bonds is 4. The van der Waals surface area contributed by atoms with Crippen LogP contribution in [0.5, 0.6) is 0 Å². The fourth-order valence-electron chi connectivity index (χ4n) is 3.68. The van der Waals surface area contributed by atoms with Gasteiger partial charge in [-0.05, 0) is 45.0 Å². The maximum Gasteiger partial charge on any atom is 0.258 e. The first-order valence-electron chi connectivity index (χ1n) is 9.63. The van der Waals surface area contributed by atoms with Crippen LogP contribution >= 0.6 is 22.7 Å². The van der Waals surface area contributed by atoms with Crippen LogP contribution in [0.25, 0.3) is 33.7 Å². The van der Waals surface area contributed by atoms with Crippen molar-refractivity contribution in [3.8, 4) is 22.7 Å². The molecule has 1 N–H and O–H groups in total. The molecule has 0 aliphatic rings. The Balaban J connectivity index is 1.53. The number of thiophene rings is 1. The number of thiazole rings is 1. The highest BCUT2D eigenvalue weighted by molar-refractivity contribution is 7.14. The zero-order chi connectivity index (χ0) is 21.7. The second-order valence-electron chi connectivity index (χ2n) is 7.26. The van der Waals surface area contributed by atoms with E-state index in [1.54, 1.807) is 34.4 Å². The molecule has 0 aliphatic carbocycles. The van der Waals surface area contributed by atoms with Crippen molar-refractivity contribution in [1.82, 2.24) is 19.7 Å². The number of anilines is 1. The Bertz CT molecular complexity index is 1430. The number of fused-ring (bicyclic) bond motifs is 1. The summed E-state index contributed by atoms with van der Waals surface area (Å²) in [6.07, 6.45) is 1.58. The molecule has 156 valence electrons. The van der Waals surface area contributed by atoms with Gasteiger partial charge in [-0.2, -0.15) is 5.10 Å². The van der Waals surface area contributed by atoms with Gasteiger partial charge in [0.15, 0.2) is 16.5 Å². The summed E-state index contributed by atoms with van der Waals surface area (Å²) in [5.41, 5.74) is 4.41. The van der Waals surface area contributed by atoms with Crippen LogP contribution in [0.2, 0.25) is 0 Å². The smallest absolute Gasteiger partial charge is 0.258 e. The van der Waals surface area contributed by atoms with E-state index in [2.05, 4.69) is 40.3 Å². The van der Waals surface area contributed by atoms with Gasteiger partial charge in [-0.15, -0.1) is 22.7 Å². The monoisotopic (exact) mass is 449 g/mol. The van der Waals surface area contributed by atoms with Crippen LogP contribution in [0, 0.1) is 20.8 Å². The highest BCUT2D eigenvalue weighted by atomic mass is 32.1. The molecule has 9 heteroatoms. The molecule has 0 spiro atoms. The van der Waals surface area contributed by atoms with Crippen molar-refractivity contribution < 1.29 is 9.21 Å². The molecular weight excluding hydrogens is 430 g/mol. The number of aromatic nitrogens is 4. The Morgan fingerprint density at radius 2 is 2.00 bits per heavy atom. The number of nitrogens with one attached hydrogen (secondary N) is 1. The van der Waals surface area contributed by atoms with E-state index in [0.717, 1.165) is 22.3 Å². The quantitative estimate of drug-likeness (QED) is 0.386. The normalized spacial score (nSPS) is 11.4. The number of carbonyl (C=O) groups is 1. The Labute approximate surface area is 186 Å². The second-order valence-corrected chi connectivity index (χ2v) is 9.58. The van der Waals surface area contributed by atoms with Gasteiger partial charge in [-0.25, -0.2) is 9.97 Å². The maximum absolute atomic E-state index is 13.3. The molecule has 7 nitrogen and oxygen atoms in total. The van der Waals surface area contributed by atoms with Gasteiger partial charge in [0.2, 0.25) is 0 Å². The van der Waals surface area contributed by atoms with Gasteiger partial charge in [0.1, 0.15) is 5.69 Å². The molecule has 0 unspecified atom stereocenters. The van der Waals surface area contributed by atoms with Gasteiger partial charge in [-0.1, -0.05) is 0 Å². The number of aryl methyl sites for hydroxylation is 4. The lowest BCUT2D eigenvalue weighted by atomic mass is 10.1. The van der Waals surface area contributed by atoms with Crippen LogP contribution < -0.4 is 5.32 Å². The Morgan fingerprint density at radius 1 is 1.16 bits per heavy atom. The van der Waals surface area contributed by atoms with E-state index < -0.39 is 0 Å². The van der Waals surface area contributed by atoms with Gasteiger partial charge in [0.25, 0.3) is 5.91 Å². The lowest BCUT2D eigenvalue weighted by Crippen LogP contribution is -2.13. The van der Waals surface area contributed by atoms with E-state index in [1.165, 1.54) is 21.1 Å². The van der Waals surface area contributed by atoms with Crippen LogP contribution in [-0.2, 0) is 7.05 Å². The van der Waals surface area contributed by atoms with Gasteiger partial charge < -0.3 is 4.42 Å². The van der Waals surface area contributed by atoms with E-state index in [0.29, 0.717) is 27.8 Å². The molecule has 0 saturated heterocycles. The first-order chi connectivity index (χ1) is 14.9. The third-order valence-electron chi connectivity index (χ3n) is 5.03. The highest BCUT2D eigenvalue weighted by Crippen LogP contribution is 2.33. The average molecular weight is 450 g/mol. The van der Waals surface area contributed by atoms with Crippen molar-refractivity contribution in [2.24, 2.45) is 7.05 Å². The predicted molar refractivity (Wildman–Crippen MR) is 124 cm³/mol. The fraction of sp³-hybridized carbons (Fsp3) is 0.182. The number of amides is 1. The zero-order valence-electron chi connectivity index (χ0n) is 17.4. The molecule has 5 aromatic heterocycles. The lowest BCUT2D eigenvalue weighted by molar-refractivity contribution is 0.102. The van der Waals surface area contributed by atoms with E-state index in [4.69, 9.17) is 4.42 Å². The summed E-state index contributed by atoms with van der Waals surface area (Å²) in [6, 6.07) is 7.48. The Hall–Kier alpha value is -3.30. The van der Waals surface area contributed by atoms with Crippen LogP contribution in [0.15, 0.2) is 40.3 Å². The Morgan fingerprint density at radius 3 is 2.71 bits per heavy atom. The minimum absolute atomic E-state index is 0.254. The fourth-order valence-corrected chi connectivity index (χ4v) is 5.32. The summed E-state index contributed by atoms with van der Waals surface area (Å²) >= 11 is 3.15. The molecule has 0 bridgehead atoms. The van der Waals surface area contributed by atoms with Crippen molar-refractivity contribution in [1.29, 1.82) is 0 Å². The lowest BCUT2D eigenvalue weighted by Gasteiger charge is -2.07. The largest absolute Gasteiger partial charge is 0.463 e. The van der Waals surface area contributed by atoms with Gasteiger partial charge in [-0.3, -0.25) is 14.8 Å². The standard InChI is InChI=1S/C22H19N5O2S2/c1-11-8-14(13(3)31-11)17-10-30-22(24-17)25-21(28)15-9-16(18-6-5-7-29-18)23-20-19(15)12(2)26-27(20)4/h5-10H,1-4H3,(H,24,25,28). The summed E-state index contributed by atoms with van der Waals surface area (Å²) in [5.74, 6) is 0.338. The summed E-state index contributed by atoms with van der Waals surface area (Å²) in [7, 11) is 1.81. The summed E-state index contributed by atoms with van der Waals surface area (Å²) < 4.78 is 7.18. The van der Waals surface area contributed by atoms with Crippen LogP contribution in [-0.4, -0.2) is 25.7 Å². The molecule has 0 radical (unpaired) electrons. The second kappa shape index (κ2) is 7.44. The van der Waals surface area contributed by atoms with Crippen LogP contribution in [0.1, 0.15) is 25.8 Å². The molecule has 0 saturated carbocycles. The average Bonchev–Trinajstić information content (AvgIpc) is 3.51. The van der Waals surface area contributed by atoms with E-state index in [-0.39, 0.29) is 5.91 Å². The molecule has 5 rings (SSSR count). The predicted octanol–water partition coefficient (Wildman–Crippen LogP) is 5.59. The van der Waals surface area contributed by atoms with Crippen molar-refractivity contribution in [3.05, 3.63) is 56.9 Å². The number of furan rings is 1. The number of hydrogen-bond donors (Lipinski definition) is 1. The minimum Gasteiger partial charge on any atom is -0.463 e. The number of hydrogen-bond acceptors (Lipinski definition) is 7. The summed E-state index contributed by atoms with van der Waals surface area (Å²) in [5, 5.41) is 10.6. The summed E-state index contributed by atoms with van der Waals surface area (Å²) in [6.45, 7) is 6.04. The molecule has 5 aromatic rings. The van der Waals surface area contributed by atoms with E-state index in [1.807, 2.05) is 25.4 Å². The number of nitrogens with zero attached hydrogens (tertiary/aromatic N) is 4. The molecule has 0 atom stereocenters. The third kappa shape index (κ3) is 3.45. The van der Waals surface area contributed by atoms with Crippen LogP contribution in [0.3, 0.4) is 0 Å². The van der Waals surface area contributed by atoms with Crippen molar-refractivity contribution >= 4 is 44.7 Å². The number of pyridine rings is 1. The SMILES string of the molecule is Cc1cc(-c2csc(NC(=O)c3cc(-c4ccco4)nc4c3c(C)nn4C)n2)c(C)s1. The van der Waals surface area contributed by atoms with Crippen molar-refractivity contribution in [2.45, 2.75) is 20.8 Å². The molecule has 0 aliphatic heterocycles. The summed E-state index contributed by atoms with van der Waals surface area (Å²) in [4.78, 5) is 25.0. The zero-order valence-corrected chi connectivity index (χ0v) is 19.0. The molecule has 0 fully saturated rings. The third-order valence-corrected chi connectivity index (χ3v) is 6.75. The van der Waals surface area contributed by atoms with Crippen molar-refractivity contribution in [2.75, 3.05) is 5.32 Å². The van der Waals surface area contributed by atoms with Crippen LogP contribution in [0.4, 0.5) is 5.13 Å². The van der Waals surface area contributed by atoms with Gasteiger partial charge in [0, 0.05) is 27.7 Å². The maximum atomic E-state index is 13.3.